The third-order valence-corrected chi connectivity index (χ3v) is 2.33. The summed E-state index contributed by atoms with van der Waals surface area (Å²) in [4.78, 5) is 20.7. The van der Waals surface area contributed by atoms with Crippen LogP contribution >= 0.6 is 19.2 Å². The summed E-state index contributed by atoms with van der Waals surface area (Å²) in [6, 6.07) is 5.09. The molecule has 60 valence electrons. The molecule has 0 atom stereocenters. The van der Waals surface area contributed by atoms with Crippen molar-refractivity contribution in [2.24, 2.45) is 0 Å². The minimum Gasteiger partial charge on any atom is -0.807 e. The monoisotopic (exact) mass is 268 g/mol. The second-order valence-electron chi connectivity index (χ2n) is 1.97. The summed E-state index contributed by atoms with van der Waals surface area (Å²) in [5.74, 6) is 0. The Balaban J connectivity index is 0. The molecule has 0 aliphatic carbocycles. The van der Waals surface area contributed by atoms with Gasteiger partial charge in [-0.2, -0.15) is 0 Å². The van der Waals surface area contributed by atoms with Gasteiger partial charge in [-0.05, 0) is 25.0 Å². The molecule has 1 aromatic carbocycles. The van der Waals surface area contributed by atoms with Crippen molar-refractivity contribution in [3.05, 3.63) is 29.3 Å². The first-order valence-corrected chi connectivity index (χ1v) is 4.70. The van der Waals surface area contributed by atoms with Crippen molar-refractivity contribution >= 4 is 24.5 Å². The van der Waals surface area contributed by atoms with Gasteiger partial charge in [-0.15, -0.1) is 0 Å². The van der Waals surface area contributed by atoms with Crippen molar-refractivity contribution in [1.29, 1.82) is 0 Å². The summed E-state index contributed by atoms with van der Waals surface area (Å²) in [7, 11) is -4.60. The molecular formula is C6H4ClK2O3P. The Bertz CT molecular complexity index is 297. The molecule has 0 spiro atoms. The summed E-state index contributed by atoms with van der Waals surface area (Å²) in [6.45, 7) is 0. The van der Waals surface area contributed by atoms with Crippen LogP contribution in [0.1, 0.15) is 0 Å². The Labute approximate surface area is 167 Å². The largest absolute Gasteiger partial charge is 1.00 e. The molecule has 1 rings (SSSR count). The smallest absolute Gasteiger partial charge is 0.807 e. The maximum absolute atomic E-state index is 10.4. The molecule has 1 aromatic rings. The van der Waals surface area contributed by atoms with Crippen LogP contribution in [0.3, 0.4) is 0 Å². The molecular weight excluding hydrogens is 265 g/mol. The summed E-state index contributed by atoms with van der Waals surface area (Å²) in [6.07, 6.45) is 0. The predicted molar refractivity (Wildman–Crippen MR) is 38.7 cm³/mol. The van der Waals surface area contributed by atoms with Crippen LogP contribution in [-0.2, 0) is 4.57 Å². The number of hydrogen-bond donors (Lipinski definition) is 0. The zero-order chi connectivity index (χ0) is 8.48. The minimum atomic E-state index is -4.60. The van der Waals surface area contributed by atoms with E-state index >= 15 is 0 Å². The molecule has 0 N–H and O–H groups in total. The second kappa shape index (κ2) is 8.09. The van der Waals surface area contributed by atoms with Gasteiger partial charge >= 0.3 is 103 Å². The fourth-order valence-electron chi connectivity index (χ4n) is 0.624. The molecule has 0 fully saturated rings. The number of rotatable bonds is 1. The number of benzene rings is 1. The van der Waals surface area contributed by atoms with Crippen molar-refractivity contribution in [1.82, 2.24) is 0 Å². The van der Waals surface area contributed by atoms with E-state index in [4.69, 9.17) is 11.6 Å². The van der Waals surface area contributed by atoms with E-state index in [1.165, 1.54) is 24.3 Å². The van der Waals surface area contributed by atoms with Gasteiger partial charge in [0.25, 0.3) is 0 Å². The van der Waals surface area contributed by atoms with E-state index in [0.29, 0.717) is 5.02 Å². The van der Waals surface area contributed by atoms with Crippen LogP contribution in [0.2, 0.25) is 5.02 Å². The Hall–Kier alpha value is 2.93. The van der Waals surface area contributed by atoms with Gasteiger partial charge in [0, 0.05) is 5.02 Å². The molecule has 0 saturated heterocycles. The van der Waals surface area contributed by atoms with Crippen LogP contribution in [0.4, 0.5) is 0 Å². The molecule has 0 aliphatic heterocycles. The molecule has 0 aliphatic rings. The van der Waals surface area contributed by atoms with Crippen LogP contribution in [0.25, 0.3) is 0 Å². The third-order valence-electron chi connectivity index (χ3n) is 1.14. The van der Waals surface area contributed by atoms with E-state index in [9.17, 15) is 14.4 Å². The normalized spacial score (nSPS) is 9.77. The van der Waals surface area contributed by atoms with E-state index in [1.807, 2.05) is 0 Å². The first kappa shape index (κ1) is 18.3. The van der Waals surface area contributed by atoms with Crippen molar-refractivity contribution in [2.75, 3.05) is 0 Å². The number of hydrogen-bond acceptors (Lipinski definition) is 3. The first-order valence-electron chi connectivity index (χ1n) is 2.78. The zero-order valence-electron chi connectivity index (χ0n) is 7.36. The maximum atomic E-state index is 10.4. The van der Waals surface area contributed by atoms with Gasteiger partial charge in [0.05, 0.1) is 0 Å². The van der Waals surface area contributed by atoms with Gasteiger partial charge in [-0.1, -0.05) is 23.7 Å². The van der Waals surface area contributed by atoms with Gasteiger partial charge in [-0.25, -0.2) is 0 Å². The summed E-state index contributed by atoms with van der Waals surface area (Å²) in [5.41, 5.74) is 0. The fourth-order valence-corrected chi connectivity index (χ4v) is 1.26. The van der Waals surface area contributed by atoms with E-state index < -0.39 is 7.60 Å². The van der Waals surface area contributed by atoms with Gasteiger partial charge in [0.15, 0.2) is 0 Å². The minimum absolute atomic E-state index is 0. The van der Waals surface area contributed by atoms with Crippen LogP contribution in [0, 0.1) is 0 Å². The van der Waals surface area contributed by atoms with Crippen LogP contribution < -0.4 is 118 Å². The van der Waals surface area contributed by atoms with E-state index in [2.05, 4.69) is 0 Å². The zero-order valence-corrected chi connectivity index (χ0v) is 15.3. The Morgan fingerprint density at radius 2 is 1.46 bits per heavy atom. The molecule has 7 heteroatoms. The molecule has 0 aromatic heterocycles. The van der Waals surface area contributed by atoms with Gasteiger partial charge in [-0.3, -0.25) is 0 Å². The van der Waals surface area contributed by atoms with Crippen LogP contribution in [0.5, 0.6) is 0 Å². The summed E-state index contributed by atoms with van der Waals surface area (Å²) < 4.78 is 10.4. The average molecular weight is 269 g/mol. The number of halogens is 1. The van der Waals surface area contributed by atoms with Crippen molar-refractivity contribution in [2.45, 2.75) is 0 Å². The molecule has 0 heterocycles. The van der Waals surface area contributed by atoms with Crippen molar-refractivity contribution in [3.8, 4) is 0 Å². The van der Waals surface area contributed by atoms with Crippen LogP contribution in [0.15, 0.2) is 24.3 Å². The van der Waals surface area contributed by atoms with Gasteiger partial charge < -0.3 is 14.4 Å². The van der Waals surface area contributed by atoms with Crippen molar-refractivity contribution < 1.29 is 117 Å². The molecule has 13 heavy (non-hydrogen) atoms. The predicted octanol–water partition coefficient (Wildman–Crippen LogP) is -6.11. The third kappa shape index (κ3) is 6.97. The Morgan fingerprint density at radius 3 is 1.77 bits per heavy atom. The standard InChI is InChI=1S/C6H6ClO3P.2K/c7-5-1-3-6(4-2-5)11(8,9)10;;/h1-4H,(H2,8,9,10);;/q;2*+1/p-2. The molecule has 0 amide bonds. The topological polar surface area (TPSA) is 63.2 Å². The summed E-state index contributed by atoms with van der Waals surface area (Å²) >= 11 is 5.47. The molecule has 0 radical (unpaired) electrons. The SMILES string of the molecule is O=P([O-])([O-])c1ccc(Cl)cc1.[K+].[K+]. The molecule has 3 nitrogen and oxygen atoms in total. The van der Waals surface area contributed by atoms with Gasteiger partial charge in [0.1, 0.15) is 0 Å². The van der Waals surface area contributed by atoms with Crippen molar-refractivity contribution in [3.63, 3.8) is 0 Å². The van der Waals surface area contributed by atoms with E-state index in [-0.39, 0.29) is 108 Å². The fraction of sp³-hybridized carbons (Fsp3) is 0. The van der Waals surface area contributed by atoms with E-state index in [0.717, 1.165) is 0 Å². The van der Waals surface area contributed by atoms with Gasteiger partial charge in [0.2, 0.25) is 0 Å². The average Bonchev–Trinajstić information content (AvgIpc) is 1.86. The molecule has 0 saturated carbocycles. The maximum Gasteiger partial charge on any atom is 1.00 e. The quantitative estimate of drug-likeness (QED) is 0.376. The molecule has 0 bridgehead atoms. The first-order chi connectivity index (χ1) is 5.00. The van der Waals surface area contributed by atoms with E-state index in [1.54, 1.807) is 0 Å². The second-order valence-corrected chi connectivity index (χ2v) is 3.92. The summed E-state index contributed by atoms with van der Waals surface area (Å²) in [5, 5.41) is 0.170. The Morgan fingerprint density at radius 1 is 1.08 bits per heavy atom. The van der Waals surface area contributed by atoms with Crippen LogP contribution in [-0.4, -0.2) is 0 Å². The molecule has 0 unspecified atom stereocenters. The Kier molecular flexibility index (Phi) is 11.4.